The number of carbonyl (C=O) groups excluding carboxylic acids is 3. The quantitative estimate of drug-likeness (QED) is 0.435. The van der Waals surface area contributed by atoms with Crippen LogP contribution in [0.2, 0.25) is 5.02 Å². The van der Waals surface area contributed by atoms with E-state index in [0.29, 0.717) is 52.7 Å². The lowest BCUT2D eigenvalue weighted by atomic mass is 10.0. The monoisotopic (exact) mass is 447 g/mol. The van der Waals surface area contributed by atoms with E-state index in [1.165, 1.54) is 12.0 Å². The van der Waals surface area contributed by atoms with E-state index in [2.05, 4.69) is 0 Å². The summed E-state index contributed by atoms with van der Waals surface area (Å²) in [5.74, 6) is -1.02. The van der Waals surface area contributed by atoms with Gasteiger partial charge in [0.15, 0.2) is 5.78 Å². The van der Waals surface area contributed by atoms with Crippen LogP contribution in [0.25, 0.3) is 0 Å². The van der Waals surface area contributed by atoms with E-state index in [1.807, 2.05) is 25.9 Å². The number of nitrogens with zero attached hydrogens (tertiary/aromatic N) is 3. The number of ether oxygens (including phenoxy) is 1. The van der Waals surface area contributed by atoms with Gasteiger partial charge in [-0.25, -0.2) is 4.79 Å². The van der Waals surface area contributed by atoms with Gasteiger partial charge in [0.05, 0.1) is 24.2 Å². The molecule has 2 aromatic rings. The van der Waals surface area contributed by atoms with Gasteiger partial charge in [-0.1, -0.05) is 23.7 Å². The summed E-state index contributed by atoms with van der Waals surface area (Å²) in [5, 5.41) is 0.340. The second-order valence-corrected chi connectivity index (χ2v) is 8.01. The molecule has 0 radical (unpaired) electrons. The summed E-state index contributed by atoms with van der Waals surface area (Å²) in [6.07, 6.45) is 0. The molecule has 0 aliphatic heterocycles. The molecule has 0 atom stereocenters. The van der Waals surface area contributed by atoms with Crippen molar-refractivity contribution >= 4 is 29.3 Å². The zero-order chi connectivity index (χ0) is 23.3. The van der Waals surface area contributed by atoms with Gasteiger partial charge in [0.1, 0.15) is 5.69 Å². The molecule has 0 spiro atoms. The fourth-order valence-electron chi connectivity index (χ4n) is 3.69. The number of esters is 1. The SMILES string of the molecule is CCn1c(C)c(C(=O)CN(CCN(C)C)C(=O)c2ccccc2Cl)c(C)c1C(=O)OC. The molecule has 0 aliphatic rings. The largest absolute Gasteiger partial charge is 0.464 e. The molecule has 0 unspecified atom stereocenters. The highest BCUT2D eigenvalue weighted by atomic mass is 35.5. The van der Waals surface area contributed by atoms with Gasteiger partial charge in [0.25, 0.3) is 5.91 Å². The lowest BCUT2D eigenvalue weighted by molar-refractivity contribution is 0.0587. The number of carbonyl (C=O) groups is 3. The third-order valence-corrected chi connectivity index (χ3v) is 5.61. The average molecular weight is 448 g/mol. The van der Waals surface area contributed by atoms with Gasteiger partial charge in [-0.15, -0.1) is 0 Å². The summed E-state index contributed by atoms with van der Waals surface area (Å²) < 4.78 is 6.68. The summed E-state index contributed by atoms with van der Waals surface area (Å²) in [6, 6.07) is 6.79. The van der Waals surface area contributed by atoms with Crippen LogP contribution in [0.15, 0.2) is 24.3 Å². The number of ketones is 1. The van der Waals surface area contributed by atoms with Crippen LogP contribution in [0.3, 0.4) is 0 Å². The highest BCUT2D eigenvalue weighted by molar-refractivity contribution is 6.33. The first kappa shape index (κ1) is 24.6. The Labute approximate surface area is 188 Å². The number of hydrogen-bond donors (Lipinski definition) is 0. The Morgan fingerprint density at radius 2 is 1.74 bits per heavy atom. The van der Waals surface area contributed by atoms with E-state index in [1.54, 1.807) is 42.7 Å². The Hall–Kier alpha value is -2.64. The van der Waals surface area contributed by atoms with E-state index in [9.17, 15) is 14.4 Å². The molecule has 1 aromatic heterocycles. The molecule has 1 aromatic carbocycles. The Bertz CT molecular complexity index is 981. The normalized spacial score (nSPS) is 11.0. The number of benzene rings is 1. The van der Waals surface area contributed by atoms with E-state index in [4.69, 9.17) is 16.3 Å². The molecule has 0 N–H and O–H groups in total. The second kappa shape index (κ2) is 10.6. The number of aromatic nitrogens is 1. The first-order valence-corrected chi connectivity index (χ1v) is 10.5. The Kier molecular flexibility index (Phi) is 8.42. The summed E-state index contributed by atoms with van der Waals surface area (Å²) in [6.45, 7) is 6.79. The minimum atomic E-state index is -0.488. The number of Topliss-reactive ketones (excluding diaryl/α,β-unsaturated/α-hetero) is 1. The zero-order valence-corrected chi connectivity index (χ0v) is 19.7. The fraction of sp³-hybridized carbons (Fsp3) is 0.435. The molecule has 168 valence electrons. The third kappa shape index (κ3) is 5.35. The lowest BCUT2D eigenvalue weighted by Gasteiger charge is -2.24. The molecule has 7 nitrogen and oxygen atoms in total. The van der Waals surface area contributed by atoms with Crippen molar-refractivity contribution in [2.45, 2.75) is 27.3 Å². The van der Waals surface area contributed by atoms with Crippen molar-refractivity contribution in [2.75, 3.05) is 40.8 Å². The van der Waals surface area contributed by atoms with Gasteiger partial charge < -0.3 is 19.1 Å². The first-order valence-electron chi connectivity index (χ1n) is 10.1. The average Bonchev–Trinajstić information content (AvgIpc) is 2.99. The van der Waals surface area contributed by atoms with Gasteiger partial charge in [-0.05, 0) is 52.6 Å². The van der Waals surface area contributed by atoms with Crippen molar-refractivity contribution in [2.24, 2.45) is 0 Å². The molecular formula is C23H30ClN3O4. The number of likely N-dealkylation sites (N-methyl/N-ethyl adjacent to an activating group) is 1. The number of hydrogen-bond acceptors (Lipinski definition) is 5. The third-order valence-electron chi connectivity index (χ3n) is 5.28. The smallest absolute Gasteiger partial charge is 0.354 e. The van der Waals surface area contributed by atoms with Crippen LogP contribution < -0.4 is 0 Å². The van der Waals surface area contributed by atoms with Crippen LogP contribution in [0.5, 0.6) is 0 Å². The predicted molar refractivity (Wildman–Crippen MR) is 121 cm³/mol. The van der Waals surface area contributed by atoms with Crippen molar-refractivity contribution in [1.82, 2.24) is 14.4 Å². The first-order chi connectivity index (χ1) is 14.6. The highest BCUT2D eigenvalue weighted by Gasteiger charge is 2.28. The maximum atomic E-state index is 13.3. The van der Waals surface area contributed by atoms with Crippen LogP contribution in [0.1, 0.15) is 49.4 Å². The highest BCUT2D eigenvalue weighted by Crippen LogP contribution is 2.25. The van der Waals surface area contributed by atoms with Gasteiger partial charge >= 0.3 is 5.97 Å². The second-order valence-electron chi connectivity index (χ2n) is 7.60. The maximum Gasteiger partial charge on any atom is 0.354 e. The Morgan fingerprint density at radius 1 is 1.10 bits per heavy atom. The number of rotatable bonds is 9. The van der Waals surface area contributed by atoms with Gasteiger partial charge in [0.2, 0.25) is 0 Å². The molecular weight excluding hydrogens is 418 g/mol. The fourth-order valence-corrected chi connectivity index (χ4v) is 3.91. The lowest BCUT2D eigenvalue weighted by Crippen LogP contribution is -2.40. The van der Waals surface area contributed by atoms with Crippen LogP contribution in [0, 0.1) is 13.8 Å². The molecule has 0 saturated carbocycles. The molecule has 1 heterocycles. The minimum Gasteiger partial charge on any atom is -0.464 e. The molecule has 0 aliphatic carbocycles. The van der Waals surface area contributed by atoms with Crippen LogP contribution in [-0.2, 0) is 11.3 Å². The molecule has 1 amide bonds. The van der Waals surface area contributed by atoms with Crippen LogP contribution >= 0.6 is 11.6 Å². The molecule has 2 rings (SSSR count). The predicted octanol–water partition coefficient (Wildman–Crippen LogP) is 3.45. The Morgan fingerprint density at radius 3 is 2.29 bits per heavy atom. The standard InChI is InChI=1S/C23H30ClN3O4/c1-7-27-16(3)20(15(2)21(27)23(30)31-6)19(28)14-26(13-12-25(4)5)22(29)17-10-8-9-11-18(17)24/h8-11H,7,12-14H2,1-6H3. The molecule has 0 fully saturated rings. The van der Waals surface area contributed by atoms with Crippen LogP contribution in [-0.4, -0.2) is 72.9 Å². The molecule has 0 saturated heterocycles. The Balaban J connectivity index is 2.42. The van der Waals surface area contributed by atoms with Crippen molar-refractivity contribution in [3.8, 4) is 0 Å². The number of methoxy groups -OCH3 is 1. The van der Waals surface area contributed by atoms with Crippen molar-refractivity contribution in [3.63, 3.8) is 0 Å². The van der Waals surface area contributed by atoms with Gasteiger partial charge in [-0.2, -0.15) is 0 Å². The zero-order valence-electron chi connectivity index (χ0n) is 19.0. The number of amides is 1. The van der Waals surface area contributed by atoms with Crippen molar-refractivity contribution in [1.29, 1.82) is 0 Å². The van der Waals surface area contributed by atoms with Crippen molar-refractivity contribution in [3.05, 3.63) is 57.4 Å². The van der Waals surface area contributed by atoms with Gasteiger partial charge in [0, 0.05) is 30.9 Å². The molecule has 0 bridgehead atoms. The van der Waals surface area contributed by atoms with E-state index >= 15 is 0 Å². The molecule has 31 heavy (non-hydrogen) atoms. The topological polar surface area (TPSA) is 71.9 Å². The number of halogens is 1. The van der Waals surface area contributed by atoms with E-state index in [0.717, 1.165) is 0 Å². The summed E-state index contributed by atoms with van der Waals surface area (Å²) >= 11 is 6.23. The molecule has 8 heteroatoms. The minimum absolute atomic E-state index is 0.117. The summed E-state index contributed by atoms with van der Waals surface area (Å²) in [5.41, 5.74) is 2.41. The summed E-state index contributed by atoms with van der Waals surface area (Å²) in [4.78, 5) is 42.3. The summed E-state index contributed by atoms with van der Waals surface area (Å²) in [7, 11) is 5.12. The van der Waals surface area contributed by atoms with E-state index < -0.39 is 5.97 Å². The van der Waals surface area contributed by atoms with Crippen LogP contribution in [0.4, 0.5) is 0 Å². The van der Waals surface area contributed by atoms with Crippen molar-refractivity contribution < 1.29 is 19.1 Å². The maximum absolute atomic E-state index is 13.3. The van der Waals surface area contributed by atoms with Gasteiger partial charge in [-0.3, -0.25) is 9.59 Å². The van der Waals surface area contributed by atoms with E-state index in [-0.39, 0.29) is 18.2 Å².